The zero-order valence-electron chi connectivity index (χ0n) is 10.5. The highest BCUT2D eigenvalue weighted by Crippen LogP contribution is 2.37. The molecule has 1 aliphatic rings. The molecule has 0 aliphatic carbocycles. The van der Waals surface area contributed by atoms with Gasteiger partial charge in [0.2, 0.25) is 0 Å². The van der Waals surface area contributed by atoms with Crippen LogP contribution in [0.15, 0.2) is 42.5 Å². The molecule has 20 heavy (non-hydrogen) atoms. The minimum absolute atomic E-state index is 0.0710. The van der Waals surface area contributed by atoms with Crippen molar-refractivity contribution in [3.05, 3.63) is 52.5 Å². The summed E-state index contributed by atoms with van der Waals surface area (Å²) in [7, 11) is 0. The van der Waals surface area contributed by atoms with Crippen LogP contribution in [0, 0.1) is 0 Å². The van der Waals surface area contributed by atoms with Gasteiger partial charge < -0.3 is 10.1 Å². The number of anilines is 1. The van der Waals surface area contributed by atoms with Crippen molar-refractivity contribution in [1.29, 1.82) is 0 Å². The Morgan fingerprint density at radius 1 is 1.20 bits per heavy atom. The molecule has 2 aromatic carbocycles. The molecule has 1 unspecified atom stereocenters. The minimum atomic E-state index is -0.0710. The summed E-state index contributed by atoms with van der Waals surface area (Å²) in [6.07, 6.45) is -0.0710. The number of rotatable bonds is 1. The van der Waals surface area contributed by atoms with E-state index < -0.39 is 0 Å². The lowest BCUT2D eigenvalue weighted by Gasteiger charge is -2.25. The Hall–Kier alpha value is -1.78. The fourth-order valence-electron chi connectivity index (χ4n) is 2.32. The number of nitrogens with zero attached hydrogens (tertiary/aromatic N) is 1. The van der Waals surface area contributed by atoms with E-state index in [1.807, 2.05) is 42.5 Å². The number of halogens is 1. The summed E-state index contributed by atoms with van der Waals surface area (Å²) < 4.78 is 7.05. The van der Waals surface area contributed by atoms with E-state index in [9.17, 15) is 0 Å². The van der Waals surface area contributed by atoms with Crippen molar-refractivity contribution in [3.8, 4) is 5.75 Å². The largest absolute Gasteiger partial charge is 0.479 e. The molecule has 1 N–H and O–H groups in total. The molecule has 0 saturated carbocycles. The zero-order chi connectivity index (χ0) is 13.5. The lowest BCUT2D eigenvalue weighted by Crippen LogP contribution is -2.23. The molecule has 0 bridgehead atoms. The van der Waals surface area contributed by atoms with Gasteiger partial charge in [0.1, 0.15) is 10.8 Å². The second-order valence-corrected chi connectivity index (χ2v) is 6.06. The number of para-hydroxylation sites is 2. The molecule has 0 radical (unpaired) electrons. The van der Waals surface area contributed by atoms with Crippen LogP contribution < -0.4 is 10.1 Å². The van der Waals surface area contributed by atoms with Crippen molar-refractivity contribution in [3.63, 3.8) is 0 Å². The number of thiazole rings is 1. The molecule has 0 fully saturated rings. The Bertz CT molecular complexity index is 786. The van der Waals surface area contributed by atoms with Gasteiger partial charge in [0.05, 0.1) is 27.5 Å². The molecule has 3 nitrogen and oxygen atoms in total. The molecule has 4 rings (SSSR count). The first-order chi connectivity index (χ1) is 9.81. The van der Waals surface area contributed by atoms with Gasteiger partial charge in [0.25, 0.3) is 0 Å². The molecule has 0 spiro atoms. The van der Waals surface area contributed by atoms with Gasteiger partial charge in [-0.25, -0.2) is 4.98 Å². The van der Waals surface area contributed by atoms with Crippen molar-refractivity contribution < 1.29 is 4.74 Å². The highest BCUT2D eigenvalue weighted by Gasteiger charge is 2.24. The summed E-state index contributed by atoms with van der Waals surface area (Å²) in [5.41, 5.74) is 1.96. The van der Waals surface area contributed by atoms with Crippen LogP contribution in [0.2, 0.25) is 5.02 Å². The zero-order valence-corrected chi connectivity index (χ0v) is 12.0. The highest BCUT2D eigenvalue weighted by atomic mass is 35.5. The van der Waals surface area contributed by atoms with E-state index in [1.165, 1.54) is 0 Å². The molecule has 0 saturated heterocycles. The van der Waals surface area contributed by atoms with Crippen LogP contribution in [-0.2, 0) is 0 Å². The molecule has 100 valence electrons. The van der Waals surface area contributed by atoms with E-state index in [0.717, 1.165) is 31.7 Å². The maximum Gasteiger partial charge on any atom is 0.167 e. The van der Waals surface area contributed by atoms with Gasteiger partial charge in [-0.15, -0.1) is 11.3 Å². The quantitative estimate of drug-likeness (QED) is 0.719. The number of fused-ring (bicyclic) bond motifs is 2. The van der Waals surface area contributed by atoms with Crippen LogP contribution in [0.5, 0.6) is 5.75 Å². The summed E-state index contributed by atoms with van der Waals surface area (Å²) in [5, 5.41) is 5.08. The number of hydrogen-bond acceptors (Lipinski definition) is 4. The van der Waals surface area contributed by atoms with E-state index in [2.05, 4.69) is 10.3 Å². The van der Waals surface area contributed by atoms with Crippen LogP contribution in [0.25, 0.3) is 10.2 Å². The maximum absolute atomic E-state index is 6.20. The molecule has 1 atom stereocenters. The fourth-order valence-corrected chi connectivity index (χ4v) is 3.61. The normalized spacial score (nSPS) is 17.4. The van der Waals surface area contributed by atoms with E-state index in [4.69, 9.17) is 16.3 Å². The Balaban J connectivity index is 1.72. The van der Waals surface area contributed by atoms with Crippen molar-refractivity contribution in [2.75, 3.05) is 11.9 Å². The molecular formula is C15H11ClN2OS. The predicted molar refractivity (Wildman–Crippen MR) is 82.9 cm³/mol. The van der Waals surface area contributed by atoms with Gasteiger partial charge in [-0.05, 0) is 24.3 Å². The summed E-state index contributed by atoms with van der Waals surface area (Å²) in [6.45, 7) is 0.717. The molecule has 5 heteroatoms. The van der Waals surface area contributed by atoms with Crippen LogP contribution in [0.1, 0.15) is 11.1 Å². The predicted octanol–water partition coefficient (Wildman–Crippen LogP) is 4.50. The second kappa shape index (κ2) is 4.65. The topological polar surface area (TPSA) is 34.2 Å². The van der Waals surface area contributed by atoms with Gasteiger partial charge in [0, 0.05) is 0 Å². The van der Waals surface area contributed by atoms with Gasteiger partial charge in [-0.2, -0.15) is 0 Å². The standard InChI is InChI=1S/C15H11ClN2OS/c16-9-4-3-6-11-14(9)20-15(18-11)13-8-17-10-5-1-2-7-12(10)19-13/h1-7,13,17H,8H2. The van der Waals surface area contributed by atoms with E-state index in [-0.39, 0.29) is 6.10 Å². The lowest BCUT2D eigenvalue weighted by molar-refractivity contribution is 0.210. The third kappa shape index (κ3) is 1.92. The maximum atomic E-state index is 6.20. The number of ether oxygens (including phenoxy) is 1. The first-order valence-corrected chi connectivity index (χ1v) is 7.55. The van der Waals surface area contributed by atoms with Gasteiger partial charge in [-0.3, -0.25) is 0 Å². The summed E-state index contributed by atoms with van der Waals surface area (Å²) >= 11 is 7.80. The molecule has 0 amide bonds. The SMILES string of the molecule is Clc1cccc2nc(C3CNc4ccccc4O3)sc12. The average molecular weight is 303 g/mol. The Labute approximate surface area is 125 Å². The van der Waals surface area contributed by atoms with Gasteiger partial charge in [-0.1, -0.05) is 29.8 Å². The van der Waals surface area contributed by atoms with Crippen LogP contribution >= 0.6 is 22.9 Å². The van der Waals surface area contributed by atoms with Crippen LogP contribution in [0.4, 0.5) is 5.69 Å². The fraction of sp³-hybridized carbons (Fsp3) is 0.133. The van der Waals surface area contributed by atoms with Crippen molar-refractivity contribution >= 4 is 38.8 Å². The monoisotopic (exact) mass is 302 g/mol. The molecule has 1 aromatic heterocycles. The van der Waals surface area contributed by atoms with Gasteiger partial charge in [0.15, 0.2) is 6.10 Å². The Morgan fingerprint density at radius 3 is 3.00 bits per heavy atom. The number of hydrogen-bond donors (Lipinski definition) is 1. The number of aromatic nitrogens is 1. The average Bonchev–Trinajstić information content (AvgIpc) is 2.92. The number of benzene rings is 2. The summed E-state index contributed by atoms with van der Waals surface area (Å²) in [6, 6.07) is 13.7. The molecular weight excluding hydrogens is 292 g/mol. The first-order valence-electron chi connectivity index (χ1n) is 6.36. The molecule has 2 heterocycles. The van der Waals surface area contributed by atoms with E-state index >= 15 is 0 Å². The van der Waals surface area contributed by atoms with Crippen LogP contribution in [0.3, 0.4) is 0 Å². The smallest absolute Gasteiger partial charge is 0.167 e. The Kier molecular flexibility index (Phi) is 2.79. The summed E-state index contributed by atoms with van der Waals surface area (Å²) in [4.78, 5) is 4.64. The Morgan fingerprint density at radius 2 is 2.10 bits per heavy atom. The number of nitrogens with one attached hydrogen (secondary N) is 1. The van der Waals surface area contributed by atoms with E-state index in [1.54, 1.807) is 11.3 Å². The third-order valence-corrected chi connectivity index (χ3v) is 4.92. The summed E-state index contributed by atoms with van der Waals surface area (Å²) in [5.74, 6) is 0.870. The van der Waals surface area contributed by atoms with Crippen molar-refractivity contribution in [1.82, 2.24) is 4.98 Å². The third-order valence-electron chi connectivity index (χ3n) is 3.29. The van der Waals surface area contributed by atoms with E-state index in [0.29, 0.717) is 6.54 Å². The lowest BCUT2D eigenvalue weighted by atomic mass is 10.2. The molecule has 3 aromatic rings. The molecule has 1 aliphatic heterocycles. The van der Waals surface area contributed by atoms with Crippen molar-refractivity contribution in [2.24, 2.45) is 0 Å². The van der Waals surface area contributed by atoms with Crippen LogP contribution in [-0.4, -0.2) is 11.5 Å². The van der Waals surface area contributed by atoms with Crippen molar-refractivity contribution in [2.45, 2.75) is 6.10 Å². The second-order valence-electron chi connectivity index (χ2n) is 4.62. The first kappa shape index (κ1) is 12.0. The highest BCUT2D eigenvalue weighted by molar-refractivity contribution is 7.19. The minimum Gasteiger partial charge on any atom is -0.479 e. The van der Waals surface area contributed by atoms with Gasteiger partial charge >= 0.3 is 0 Å².